The van der Waals surface area contributed by atoms with E-state index in [-0.39, 0.29) is 5.56 Å². The third kappa shape index (κ3) is 2.22. The molecule has 0 aromatic carbocycles. The molecule has 19 heavy (non-hydrogen) atoms. The summed E-state index contributed by atoms with van der Waals surface area (Å²) in [6, 6.07) is 1.44. The molecule has 0 saturated heterocycles. The fourth-order valence-corrected chi connectivity index (χ4v) is 1.79. The van der Waals surface area contributed by atoms with Crippen molar-refractivity contribution < 1.29 is 0 Å². The van der Waals surface area contributed by atoms with Crippen molar-refractivity contribution in [3.05, 3.63) is 40.3 Å². The lowest BCUT2D eigenvalue weighted by Gasteiger charge is -1.99. The van der Waals surface area contributed by atoms with Gasteiger partial charge in [0.25, 0.3) is 11.3 Å². The molecule has 0 bridgehead atoms. The second kappa shape index (κ2) is 4.61. The fourth-order valence-electron chi connectivity index (χ4n) is 1.79. The van der Waals surface area contributed by atoms with Crippen LogP contribution in [0.3, 0.4) is 0 Å². The third-order valence-corrected chi connectivity index (χ3v) is 2.63. The molecule has 0 aliphatic carbocycles. The second-order valence-electron chi connectivity index (χ2n) is 4.05. The van der Waals surface area contributed by atoms with Gasteiger partial charge >= 0.3 is 0 Å². The van der Waals surface area contributed by atoms with Gasteiger partial charge in [-0.1, -0.05) is 5.21 Å². The van der Waals surface area contributed by atoms with Crippen LogP contribution < -0.4 is 11.3 Å². The largest absolute Gasteiger partial charge is 0.330 e. The minimum absolute atomic E-state index is 0.209. The lowest BCUT2D eigenvalue weighted by atomic mass is 10.3. The average Bonchev–Trinajstić information content (AvgIpc) is 2.99. The first-order chi connectivity index (χ1) is 9.26. The summed E-state index contributed by atoms with van der Waals surface area (Å²) in [6.45, 7) is 0.897. The predicted octanol–water partition coefficient (Wildman–Crippen LogP) is -1.44. The Kier molecular flexibility index (Phi) is 2.80. The molecule has 0 aliphatic rings. The Bertz CT molecular complexity index is 754. The van der Waals surface area contributed by atoms with Crippen LogP contribution in [0.5, 0.6) is 0 Å². The number of H-pyrrole nitrogens is 1. The molecule has 0 atom stereocenters. The SMILES string of the molecule is NCCc1cn(Cc2cc(=O)n3[nH]cnc3n2)nn1. The van der Waals surface area contributed by atoms with Crippen molar-refractivity contribution in [1.29, 1.82) is 0 Å². The maximum atomic E-state index is 11.7. The third-order valence-electron chi connectivity index (χ3n) is 2.63. The van der Waals surface area contributed by atoms with Crippen LogP contribution in [-0.2, 0) is 13.0 Å². The summed E-state index contributed by atoms with van der Waals surface area (Å²) >= 11 is 0. The van der Waals surface area contributed by atoms with Crippen LogP contribution in [-0.4, -0.2) is 41.1 Å². The first-order valence-electron chi connectivity index (χ1n) is 5.77. The average molecular weight is 260 g/mol. The summed E-state index contributed by atoms with van der Waals surface area (Å²) in [4.78, 5) is 20.0. The summed E-state index contributed by atoms with van der Waals surface area (Å²) in [6.07, 6.45) is 3.89. The molecule has 3 N–H and O–H groups in total. The maximum absolute atomic E-state index is 11.7. The van der Waals surface area contributed by atoms with Gasteiger partial charge < -0.3 is 5.73 Å². The van der Waals surface area contributed by atoms with E-state index in [1.54, 1.807) is 10.9 Å². The van der Waals surface area contributed by atoms with Crippen molar-refractivity contribution in [2.45, 2.75) is 13.0 Å². The summed E-state index contributed by atoms with van der Waals surface area (Å²) in [5, 5.41) is 10.6. The number of aromatic amines is 1. The second-order valence-corrected chi connectivity index (χ2v) is 4.05. The number of nitrogens with one attached hydrogen (secondary N) is 1. The Balaban J connectivity index is 1.89. The molecule has 0 aliphatic heterocycles. The highest BCUT2D eigenvalue weighted by Crippen LogP contribution is 1.99. The van der Waals surface area contributed by atoms with E-state index in [1.807, 2.05) is 0 Å². The monoisotopic (exact) mass is 260 g/mol. The van der Waals surface area contributed by atoms with Gasteiger partial charge in [0.15, 0.2) is 0 Å². The Morgan fingerprint density at radius 1 is 1.37 bits per heavy atom. The highest BCUT2D eigenvalue weighted by molar-refractivity contribution is 5.26. The molecule has 0 spiro atoms. The van der Waals surface area contributed by atoms with Crippen LogP contribution in [0.15, 0.2) is 23.4 Å². The van der Waals surface area contributed by atoms with Crippen molar-refractivity contribution in [3.8, 4) is 0 Å². The zero-order valence-corrected chi connectivity index (χ0v) is 10.0. The number of fused-ring (bicyclic) bond motifs is 1. The zero-order chi connectivity index (χ0) is 13.2. The topological polar surface area (TPSA) is 120 Å². The molecule has 9 nitrogen and oxygen atoms in total. The molecule has 3 rings (SSSR count). The summed E-state index contributed by atoms with van der Waals surface area (Å²) in [5.41, 5.74) is 6.64. The zero-order valence-electron chi connectivity index (χ0n) is 10.0. The van der Waals surface area contributed by atoms with E-state index in [2.05, 4.69) is 25.4 Å². The van der Waals surface area contributed by atoms with Gasteiger partial charge in [0, 0.05) is 18.7 Å². The highest BCUT2D eigenvalue weighted by Gasteiger charge is 2.06. The van der Waals surface area contributed by atoms with Crippen molar-refractivity contribution in [2.75, 3.05) is 6.54 Å². The van der Waals surface area contributed by atoms with Gasteiger partial charge in [-0.3, -0.25) is 9.89 Å². The lowest BCUT2D eigenvalue weighted by molar-refractivity contribution is 0.636. The minimum atomic E-state index is -0.209. The van der Waals surface area contributed by atoms with Crippen molar-refractivity contribution in [1.82, 2.24) is 34.6 Å². The molecule has 3 aromatic rings. The van der Waals surface area contributed by atoms with Crippen LogP contribution in [0, 0.1) is 0 Å². The Labute approximate surface area is 107 Å². The minimum Gasteiger partial charge on any atom is -0.330 e. The molecule has 0 radical (unpaired) electrons. The number of nitrogens with two attached hydrogens (primary N) is 1. The molecule has 0 saturated carbocycles. The normalized spacial score (nSPS) is 11.2. The van der Waals surface area contributed by atoms with Crippen molar-refractivity contribution >= 4 is 5.78 Å². The van der Waals surface area contributed by atoms with E-state index >= 15 is 0 Å². The molecule has 0 amide bonds. The molecule has 3 aromatic heterocycles. The Morgan fingerprint density at radius 3 is 3.11 bits per heavy atom. The Hall–Kier alpha value is -2.55. The van der Waals surface area contributed by atoms with Gasteiger partial charge in [-0.25, -0.2) is 14.6 Å². The van der Waals surface area contributed by atoms with Crippen LogP contribution in [0.25, 0.3) is 5.78 Å². The van der Waals surface area contributed by atoms with E-state index < -0.39 is 0 Å². The number of hydrogen-bond donors (Lipinski definition) is 2. The molecule has 0 unspecified atom stereocenters. The van der Waals surface area contributed by atoms with Crippen LogP contribution in [0.2, 0.25) is 0 Å². The van der Waals surface area contributed by atoms with Gasteiger partial charge in [0.1, 0.15) is 6.33 Å². The molecule has 0 fully saturated rings. The summed E-state index contributed by atoms with van der Waals surface area (Å²) < 4.78 is 2.89. The molecule has 98 valence electrons. The fraction of sp³-hybridized carbons (Fsp3) is 0.300. The van der Waals surface area contributed by atoms with E-state index in [0.29, 0.717) is 31.0 Å². The smallest absolute Gasteiger partial charge is 0.274 e. The van der Waals surface area contributed by atoms with Gasteiger partial charge in [0.05, 0.1) is 17.9 Å². The summed E-state index contributed by atoms with van der Waals surface area (Å²) in [7, 11) is 0. The number of hydrogen-bond acceptors (Lipinski definition) is 6. The molecule has 9 heteroatoms. The highest BCUT2D eigenvalue weighted by atomic mass is 16.1. The first-order valence-corrected chi connectivity index (χ1v) is 5.77. The molecule has 3 heterocycles. The van der Waals surface area contributed by atoms with E-state index in [4.69, 9.17) is 5.73 Å². The van der Waals surface area contributed by atoms with E-state index in [0.717, 1.165) is 5.69 Å². The van der Waals surface area contributed by atoms with Gasteiger partial charge in [-0.05, 0) is 6.54 Å². The van der Waals surface area contributed by atoms with Crippen LogP contribution in [0.4, 0.5) is 0 Å². The van der Waals surface area contributed by atoms with Gasteiger partial charge in [-0.2, -0.15) is 4.52 Å². The molecular weight excluding hydrogens is 248 g/mol. The predicted molar refractivity (Wildman–Crippen MR) is 65.5 cm³/mol. The standard InChI is InChI=1S/C10H12N8O/c11-2-1-7-4-17(16-15-7)5-8-3-9(19)18-10(14-8)12-6-13-18/h3-4,6H,1-2,5,11H2,(H,12,13,14). The maximum Gasteiger partial charge on any atom is 0.274 e. The van der Waals surface area contributed by atoms with Gasteiger partial charge in [-0.15, -0.1) is 5.10 Å². The van der Waals surface area contributed by atoms with E-state index in [1.165, 1.54) is 16.9 Å². The Morgan fingerprint density at radius 2 is 2.26 bits per heavy atom. The number of nitrogens with zero attached hydrogens (tertiary/aromatic N) is 6. The van der Waals surface area contributed by atoms with E-state index in [9.17, 15) is 4.79 Å². The quantitative estimate of drug-likeness (QED) is 0.592. The summed E-state index contributed by atoms with van der Waals surface area (Å²) in [5.74, 6) is 0.338. The van der Waals surface area contributed by atoms with Gasteiger partial charge in [0.2, 0.25) is 0 Å². The van der Waals surface area contributed by atoms with Crippen molar-refractivity contribution in [2.24, 2.45) is 5.73 Å². The van der Waals surface area contributed by atoms with Crippen LogP contribution >= 0.6 is 0 Å². The van der Waals surface area contributed by atoms with Crippen molar-refractivity contribution in [3.63, 3.8) is 0 Å². The number of aromatic nitrogens is 7. The van der Waals surface area contributed by atoms with Crippen LogP contribution in [0.1, 0.15) is 11.4 Å². The number of rotatable bonds is 4. The molecular formula is C10H12N8O. The lowest BCUT2D eigenvalue weighted by Crippen LogP contribution is -2.17. The first kappa shape index (κ1) is 11.5.